The van der Waals surface area contributed by atoms with E-state index in [4.69, 9.17) is 0 Å². The van der Waals surface area contributed by atoms with Gasteiger partial charge in [0.2, 0.25) is 0 Å². The first kappa shape index (κ1) is 16.2. The van der Waals surface area contributed by atoms with Crippen molar-refractivity contribution in [2.75, 3.05) is 0 Å². The van der Waals surface area contributed by atoms with Gasteiger partial charge in [-0.05, 0) is 25.0 Å². The van der Waals surface area contributed by atoms with Gasteiger partial charge in [-0.1, -0.05) is 40.2 Å². The number of nitrogens with one attached hydrogen (secondary N) is 1. The van der Waals surface area contributed by atoms with Gasteiger partial charge in [0.05, 0.1) is 0 Å². The van der Waals surface area contributed by atoms with Crippen LogP contribution in [0.25, 0.3) is 0 Å². The standard InChI is InChI=1S/C14H18BrN3O2S/c1-3-18-10-14(17-11(18)2)21(19,20)16-9-13-6-4-5-12(7-13)8-15/h4-7,10,16H,3,8-9H2,1-2H3. The van der Waals surface area contributed by atoms with Gasteiger partial charge in [-0.15, -0.1) is 0 Å². The number of hydrogen-bond donors (Lipinski definition) is 1. The molecule has 1 N–H and O–H groups in total. The van der Waals surface area contributed by atoms with E-state index in [0.717, 1.165) is 16.5 Å². The Kier molecular flexibility index (Phi) is 5.18. The fourth-order valence-corrected chi connectivity index (χ4v) is 3.38. The van der Waals surface area contributed by atoms with Gasteiger partial charge in [-0.2, -0.15) is 0 Å². The van der Waals surface area contributed by atoms with E-state index < -0.39 is 10.0 Å². The molecule has 0 fully saturated rings. The second-order valence-corrected chi connectivity index (χ2v) is 6.97. The Morgan fingerprint density at radius 3 is 2.67 bits per heavy atom. The summed E-state index contributed by atoms with van der Waals surface area (Å²) in [6.45, 7) is 4.69. The largest absolute Gasteiger partial charge is 0.334 e. The first-order chi connectivity index (χ1) is 9.96. The normalized spacial score (nSPS) is 11.8. The van der Waals surface area contributed by atoms with Crippen LogP contribution in [0.5, 0.6) is 0 Å². The van der Waals surface area contributed by atoms with Crippen molar-refractivity contribution in [2.24, 2.45) is 0 Å². The summed E-state index contributed by atoms with van der Waals surface area (Å²) in [5.41, 5.74) is 2.03. The molecule has 0 spiro atoms. The van der Waals surface area contributed by atoms with Crippen molar-refractivity contribution in [3.63, 3.8) is 0 Å². The van der Waals surface area contributed by atoms with Crippen molar-refractivity contribution >= 4 is 26.0 Å². The fraction of sp³-hybridized carbons (Fsp3) is 0.357. The minimum absolute atomic E-state index is 0.0681. The Bertz CT molecular complexity index is 726. The number of alkyl halides is 1. The Hall–Kier alpha value is -1.18. The number of aryl methyl sites for hydroxylation is 2. The van der Waals surface area contributed by atoms with E-state index in [-0.39, 0.29) is 11.6 Å². The third kappa shape index (κ3) is 3.93. The molecular weight excluding hydrogens is 354 g/mol. The molecule has 0 atom stereocenters. The minimum Gasteiger partial charge on any atom is -0.334 e. The molecule has 2 rings (SSSR count). The summed E-state index contributed by atoms with van der Waals surface area (Å²) in [4.78, 5) is 4.10. The molecule has 0 aliphatic carbocycles. The maximum absolute atomic E-state index is 12.2. The number of rotatable bonds is 6. The lowest BCUT2D eigenvalue weighted by atomic mass is 10.1. The highest BCUT2D eigenvalue weighted by Crippen LogP contribution is 2.12. The van der Waals surface area contributed by atoms with Crippen LogP contribution in [-0.2, 0) is 28.4 Å². The van der Waals surface area contributed by atoms with Crippen LogP contribution in [0.15, 0.2) is 35.5 Å². The molecule has 0 amide bonds. The lowest BCUT2D eigenvalue weighted by molar-refractivity contribution is 0.577. The van der Waals surface area contributed by atoms with E-state index >= 15 is 0 Å². The van der Waals surface area contributed by atoms with Gasteiger partial charge >= 0.3 is 0 Å². The van der Waals surface area contributed by atoms with E-state index in [2.05, 4.69) is 25.6 Å². The van der Waals surface area contributed by atoms with Crippen LogP contribution in [0.3, 0.4) is 0 Å². The number of aromatic nitrogens is 2. The van der Waals surface area contributed by atoms with Crippen molar-refractivity contribution in [2.45, 2.75) is 37.3 Å². The molecule has 1 heterocycles. The van der Waals surface area contributed by atoms with E-state index in [1.165, 1.54) is 0 Å². The van der Waals surface area contributed by atoms with Gasteiger partial charge in [0.15, 0.2) is 5.03 Å². The molecule has 0 aliphatic rings. The molecule has 5 nitrogen and oxygen atoms in total. The van der Waals surface area contributed by atoms with Crippen LogP contribution in [-0.4, -0.2) is 18.0 Å². The van der Waals surface area contributed by atoms with Crippen LogP contribution in [0.2, 0.25) is 0 Å². The van der Waals surface area contributed by atoms with E-state index in [0.29, 0.717) is 12.4 Å². The number of imidazole rings is 1. The van der Waals surface area contributed by atoms with Crippen molar-refractivity contribution < 1.29 is 8.42 Å². The highest BCUT2D eigenvalue weighted by Gasteiger charge is 2.18. The molecule has 0 saturated heterocycles. The monoisotopic (exact) mass is 371 g/mol. The maximum atomic E-state index is 12.2. The topological polar surface area (TPSA) is 64.0 Å². The molecule has 0 bridgehead atoms. The predicted octanol–water partition coefficient (Wildman–Crippen LogP) is 2.58. The molecule has 0 saturated carbocycles. The Morgan fingerprint density at radius 1 is 1.33 bits per heavy atom. The fourth-order valence-electron chi connectivity index (χ4n) is 2.00. The van der Waals surface area contributed by atoms with Gasteiger partial charge in [0.1, 0.15) is 5.82 Å². The molecule has 21 heavy (non-hydrogen) atoms. The molecule has 2 aromatic rings. The highest BCUT2D eigenvalue weighted by molar-refractivity contribution is 9.08. The Morgan fingerprint density at radius 2 is 2.05 bits per heavy atom. The molecule has 0 unspecified atom stereocenters. The maximum Gasteiger partial charge on any atom is 0.259 e. The van der Waals surface area contributed by atoms with Crippen LogP contribution >= 0.6 is 15.9 Å². The predicted molar refractivity (Wildman–Crippen MR) is 85.7 cm³/mol. The molecular formula is C14H18BrN3O2S. The third-order valence-electron chi connectivity index (χ3n) is 3.18. The Labute approximate surface area is 133 Å². The second-order valence-electron chi connectivity index (χ2n) is 4.69. The van der Waals surface area contributed by atoms with Crippen LogP contribution in [0.4, 0.5) is 0 Å². The first-order valence-electron chi connectivity index (χ1n) is 6.63. The second kappa shape index (κ2) is 6.72. The zero-order chi connectivity index (χ0) is 15.5. The molecule has 114 valence electrons. The third-order valence-corrected chi connectivity index (χ3v) is 5.10. The average Bonchev–Trinajstić information content (AvgIpc) is 2.87. The van der Waals surface area contributed by atoms with E-state index in [9.17, 15) is 8.42 Å². The average molecular weight is 372 g/mol. The highest BCUT2D eigenvalue weighted by atomic mass is 79.9. The number of nitrogens with zero attached hydrogens (tertiary/aromatic N) is 2. The lowest BCUT2D eigenvalue weighted by Crippen LogP contribution is -2.23. The van der Waals surface area contributed by atoms with Gasteiger partial charge in [-0.25, -0.2) is 18.1 Å². The van der Waals surface area contributed by atoms with Gasteiger partial charge in [0.25, 0.3) is 10.0 Å². The van der Waals surface area contributed by atoms with Crippen LogP contribution in [0, 0.1) is 6.92 Å². The minimum atomic E-state index is -3.58. The molecule has 1 aromatic heterocycles. The van der Waals surface area contributed by atoms with Crippen molar-refractivity contribution in [1.29, 1.82) is 0 Å². The van der Waals surface area contributed by atoms with Crippen molar-refractivity contribution in [3.05, 3.63) is 47.4 Å². The first-order valence-corrected chi connectivity index (χ1v) is 9.24. The smallest absolute Gasteiger partial charge is 0.259 e. The zero-order valence-electron chi connectivity index (χ0n) is 12.0. The number of halogens is 1. The zero-order valence-corrected chi connectivity index (χ0v) is 14.4. The number of hydrogen-bond acceptors (Lipinski definition) is 3. The summed E-state index contributed by atoms with van der Waals surface area (Å²) in [6, 6.07) is 7.76. The van der Waals surface area contributed by atoms with Crippen LogP contribution in [0.1, 0.15) is 23.9 Å². The lowest BCUT2D eigenvalue weighted by Gasteiger charge is -2.05. The van der Waals surface area contributed by atoms with Gasteiger partial charge in [0, 0.05) is 24.6 Å². The van der Waals surface area contributed by atoms with E-state index in [1.807, 2.05) is 31.2 Å². The summed E-state index contributed by atoms with van der Waals surface area (Å²) >= 11 is 3.39. The number of benzene rings is 1. The SMILES string of the molecule is CCn1cc(S(=O)(=O)NCc2cccc(CBr)c2)nc1C. The summed E-state index contributed by atoms with van der Waals surface area (Å²) in [5, 5.41) is 0.812. The van der Waals surface area contributed by atoms with E-state index in [1.54, 1.807) is 17.7 Å². The Balaban J connectivity index is 2.13. The summed E-state index contributed by atoms with van der Waals surface area (Å²) in [7, 11) is -3.58. The van der Waals surface area contributed by atoms with Crippen molar-refractivity contribution in [1.82, 2.24) is 14.3 Å². The summed E-state index contributed by atoms with van der Waals surface area (Å²) in [6.07, 6.45) is 1.56. The quantitative estimate of drug-likeness (QED) is 0.793. The molecule has 1 aromatic carbocycles. The molecule has 0 radical (unpaired) electrons. The summed E-state index contributed by atoms with van der Waals surface area (Å²) < 4.78 is 28.9. The van der Waals surface area contributed by atoms with Crippen molar-refractivity contribution in [3.8, 4) is 0 Å². The molecule has 7 heteroatoms. The number of sulfonamides is 1. The summed E-state index contributed by atoms with van der Waals surface area (Å²) in [5.74, 6) is 0.694. The van der Waals surface area contributed by atoms with Gasteiger partial charge in [-0.3, -0.25) is 0 Å². The van der Waals surface area contributed by atoms with Crippen LogP contribution < -0.4 is 4.72 Å². The molecule has 0 aliphatic heterocycles. The van der Waals surface area contributed by atoms with Gasteiger partial charge < -0.3 is 4.57 Å².